The van der Waals surface area contributed by atoms with E-state index >= 15 is 0 Å². The van der Waals surface area contributed by atoms with Crippen LogP contribution < -0.4 is 10.7 Å². The van der Waals surface area contributed by atoms with Gasteiger partial charge in [-0.1, -0.05) is 41.9 Å². The summed E-state index contributed by atoms with van der Waals surface area (Å²) in [5, 5.41) is 15.5. The number of methoxy groups -OCH3 is 1. The highest BCUT2D eigenvalue weighted by molar-refractivity contribution is 7.19. The Hall–Kier alpha value is -3.51. The number of aliphatic hydroxyl groups is 1. The molecule has 0 saturated carbocycles. The number of pyridine rings is 1. The first-order chi connectivity index (χ1) is 20.8. The molecule has 5 rings (SSSR count). The molecule has 0 saturated heterocycles. The second-order valence-electron chi connectivity index (χ2n) is 10.5. The van der Waals surface area contributed by atoms with E-state index in [9.17, 15) is 14.7 Å². The van der Waals surface area contributed by atoms with E-state index in [4.69, 9.17) is 21.1 Å². The Morgan fingerprint density at radius 1 is 1.19 bits per heavy atom. The fraction of sp³-hybridized carbons (Fsp3) is 0.312. The highest BCUT2D eigenvalue weighted by Crippen LogP contribution is 2.32. The first-order valence-electron chi connectivity index (χ1n) is 13.9. The number of ether oxygens (including phenoxy) is 2. The number of nitrogens with zero attached hydrogens (tertiary/aromatic N) is 2. The van der Waals surface area contributed by atoms with Crippen molar-refractivity contribution < 1.29 is 19.4 Å². The van der Waals surface area contributed by atoms with Crippen LogP contribution in [0, 0.1) is 0 Å². The molecule has 0 bridgehead atoms. The van der Waals surface area contributed by atoms with E-state index in [0.717, 1.165) is 38.0 Å². The Balaban J connectivity index is 1.40. The zero-order chi connectivity index (χ0) is 30.5. The first-order valence-corrected chi connectivity index (χ1v) is 15.1. The first kappa shape index (κ1) is 30.9. The molecule has 3 heterocycles. The van der Waals surface area contributed by atoms with Crippen LogP contribution >= 0.6 is 22.9 Å². The Kier molecular flexibility index (Phi) is 9.97. The Labute approximate surface area is 258 Å². The number of H-pyrrole nitrogens is 1. The second kappa shape index (κ2) is 13.9. The zero-order valence-electron chi connectivity index (χ0n) is 24.4. The van der Waals surface area contributed by atoms with Gasteiger partial charge >= 0.3 is 0 Å². The molecule has 0 fully saturated rings. The summed E-state index contributed by atoms with van der Waals surface area (Å²) in [5.74, 6) is -0.440. The molecular formula is C32H35ClN4O5S. The van der Waals surface area contributed by atoms with Crippen molar-refractivity contribution in [3.63, 3.8) is 0 Å². The molecule has 2 aromatic carbocycles. The quantitative estimate of drug-likeness (QED) is 0.160. The molecule has 1 unspecified atom stereocenters. The van der Waals surface area contributed by atoms with Crippen LogP contribution in [0.25, 0.3) is 21.1 Å². The van der Waals surface area contributed by atoms with Crippen LogP contribution in [-0.4, -0.2) is 59.4 Å². The number of aromatic nitrogens is 2. The van der Waals surface area contributed by atoms with Crippen molar-refractivity contribution in [2.45, 2.75) is 25.8 Å². The fourth-order valence-corrected chi connectivity index (χ4v) is 6.68. The highest BCUT2D eigenvalue weighted by atomic mass is 35.5. The van der Waals surface area contributed by atoms with E-state index in [2.05, 4.69) is 10.3 Å². The average molecular weight is 623 g/mol. The minimum Gasteiger partial charge on any atom is -0.387 e. The smallest absolute Gasteiger partial charge is 0.257 e. The number of aliphatic hydroxyl groups excluding tert-OH is 1. The lowest BCUT2D eigenvalue weighted by molar-refractivity contribution is 0.0615. The molecule has 1 atom stereocenters. The molecule has 11 heteroatoms. The summed E-state index contributed by atoms with van der Waals surface area (Å²) in [6, 6.07) is 15.1. The molecule has 0 spiro atoms. The Bertz CT molecular complexity index is 1780. The van der Waals surface area contributed by atoms with Gasteiger partial charge in [0.1, 0.15) is 5.56 Å². The normalized spacial score (nSPS) is 12.4. The van der Waals surface area contributed by atoms with E-state index in [1.807, 2.05) is 66.2 Å². The highest BCUT2D eigenvalue weighted by Gasteiger charge is 2.23. The largest absolute Gasteiger partial charge is 0.387 e. The molecule has 5 aromatic rings. The molecule has 0 radical (unpaired) electrons. The fourth-order valence-electron chi connectivity index (χ4n) is 5.18. The van der Waals surface area contributed by atoms with E-state index in [1.54, 1.807) is 25.4 Å². The van der Waals surface area contributed by atoms with E-state index in [0.29, 0.717) is 36.0 Å². The molecule has 43 heavy (non-hydrogen) atoms. The predicted molar refractivity (Wildman–Crippen MR) is 171 cm³/mol. The third kappa shape index (κ3) is 7.01. The maximum atomic E-state index is 13.7. The standard InChI is InChI=1S/C32H35ClN4O5S/c1-36(17-27(38)23-15-34-26-7-5-4-6-22(23)26)18-28-25(19-42-13-12-41-3)29-31(43-28)30(39)24(16-37(29)2)32(40)35-14-20-8-10-21(33)11-9-20/h4-11,15-16,27,34,38H,12-14,17-19H2,1-3H3,(H,35,40). The number of hydrogen-bond donors (Lipinski definition) is 3. The van der Waals surface area contributed by atoms with Gasteiger partial charge in [0.2, 0.25) is 5.43 Å². The number of halogens is 1. The van der Waals surface area contributed by atoms with Crippen LogP contribution in [0.1, 0.15) is 38.0 Å². The molecular weight excluding hydrogens is 588 g/mol. The van der Waals surface area contributed by atoms with Gasteiger partial charge in [0.05, 0.1) is 36.1 Å². The molecule has 226 valence electrons. The topological polar surface area (TPSA) is 109 Å². The number of thiophene rings is 1. The number of benzene rings is 2. The van der Waals surface area contributed by atoms with Gasteiger partial charge in [-0.15, -0.1) is 11.3 Å². The van der Waals surface area contributed by atoms with Crippen LogP contribution in [0.2, 0.25) is 5.02 Å². The summed E-state index contributed by atoms with van der Waals surface area (Å²) in [6.07, 6.45) is 2.72. The maximum Gasteiger partial charge on any atom is 0.257 e. The number of para-hydroxylation sites is 1. The number of amides is 1. The van der Waals surface area contributed by atoms with E-state index in [-0.39, 0.29) is 24.1 Å². The summed E-state index contributed by atoms with van der Waals surface area (Å²) in [6.45, 7) is 2.28. The van der Waals surface area contributed by atoms with Gasteiger partial charge in [-0.05, 0) is 30.8 Å². The molecule has 3 N–H and O–H groups in total. The van der Waals surface area contributed by atoms with E-state index in [1.165, 1.54) is 11.3 Å². The van der Waals surface area contributed by atoms with Crippen LogP contribution in [-0.2, 0) is 36.2 Å². The minimum atomic E-state index is -0.709. The number of likely N-dealkylation sites (N-methyl/N-ethyl adjacent to an activating group) is 1. The molecule has 3 aromatic heterocycles. The number of aryl methyl sites for hydroxylation is 1. The number of carbonyl (C=O) groups excluding carboxylic acids is 1. The van der Waals surface area contributed by atoms with Crippen molar-refractivity contribution in [1.29, 1.82) is 0 Å². The van der Waals surface area contributed by atoms with Gasteiger partial charge < -0.3 is 29.4 Å². The van der Waals surface area contributed by atoms with Crippen LogP contribution in [0.15, 0.2) is 65.7 Å². The minimum absolute atomic E-state index is 0.0757. The van der Waals surface area contributed by atoms with Crippen molar-refractivity contribution in [2.24, 2.45) is 7.05 Å². The lowest BCUT2D eigenvalue weighted by Crippen LogP contribution is -2.29. The molecule has 1 amide bonds. The Morgan fingerprint density at radius 3 is 2.72 bits per heavy atom. The monoisotopic (exact) mass is 622 g/mol. The zero-order valence-corrected chi connectivity index (χ0v) is 25.9. The van der Waals surface area contributed by atoms with Crippen molar-refractivity contribution in [1.82, 2.24) is 19.8 Å². The van der Waals surface area contributed by atoms with Crippen LogP contribution in [0.5, 0.6) is 0 Å². The average Bonchev–Trinajstić information content (AvgIpc) is 3.59. The summed E-state index contributed by atoms with van der Waals surface area (Å²) in [5.41, 5.74) is 4.07. The third-order valence-corrected chi connectivity index (χ3v) is 8.81. The number of fused-ring (bicyclic) bond motifs is 2. The van der Waals surface area contributed by atoms with Crippen molar-refractivity contribution >= 4 is 50.0 Å². The van der Waals surface area contributed by atoms with E-state index < -0.39 is 12.0 Å². The lowest BCUT2D eigenvalue weighted by Gasteiger charge is -2.20. The number of rotatable bonds is 13. The number of nitrogens with one attached hydrogen (secondary N) is 2. The molecule has 0 aliphatic rings. The summed E-state index contributed by atoms with van der Waals surface area (Å²) < 4.78 is 13.4. The number of hydrogen-bond acceptors (Lipinski definition) is 7. The van der Waals surface area contributed by atoms with Gasteiger partial charge in [0.25, 0.3) is 5.91 Å². The summed E-state index contributed by atoms with van der Waals surface area (Å²) in [7, 11) is 5.38. The van der Waals surface area contributed by atoms with Gasteiger partial charge in [0, 0.05) is 78.1 Å². The van der Waals surface area contributed by atoms with Crippen LogP contribution in [0.3, 0.4) is 0 Å². The van der Waals surface area contributed by atoms with Gasteiger partial charge in [-0.2, -0.15) is 0 Å². The third-order valence-electron chi connectivity index (χ3n) is 7.36. The second-order valence-corrected chi connectivity index (χ2v) is 12.1. The molecule has 0 aliphatic heterocycles. The lowest BCUT2D eigenvalue weighted by atomic mass is 10.1. The summed E-state index contributed by atoms with van der Waals surface area (Å²) in [4.78, 5) is 33.0. The summed E-state index contributed by atoms with van der Waals surface area (Å²) >= 11 is 7.33. The molecule has 9 nitrogen and oxygen atoms in total. The number of aromatic amines is 1. The van der Waals surface area contributed by atoms with Gasteiger partial charge in [0.15, 0.2) is 0 Å². The predicted octanol–water partition coefficient (Wildman–Crippen LogP) is 4.99. The number of carbonyl (C=O) groups is 1. The van der Waals surface area contributed by atoms with Gasteiger partial charge in [-0.25, -0.2) is 0 Å². The Morgan fingerprint density at radius 2 is 1.95 bits per heavy atom. The SMILES string of the molecule is COCCOCc1c(CN(C)CC(O)c2c[nH]c3ccccc23)sc2c(=O)c(C(=O)NCc3ccc(Cl)cc3)cn(C)c12. The maximum absolute atomic E-state index is 13.7. The van der Waals surface area contributed by atoms with Crippen LogP contribution in [0.4, 0.5) is 0 Å². The molecule has 0 aliphatic carbocycles. The van der Waals surface area contributed by atoms with Gasteiger partial charge in [-0.3, -0.25) is 14.5 Å². The van der Waals surface area contributed by atoms with Crippen molar-refractivity contribution in [3.05, 3.63) is 103 Å². The van der Waals surface area contributed by atoms with Crippen molar-refractivity contribution in [2.75, 3.05) is 33.9 Å². The van der Waals surface area contributed by atoms with Crippen molar-refractivity contribution in [3.8, 4) is 0 Å².